The number of benzene rings is 3. The lowest BCUT2D eigenvalue weighted by Gasteiger charge is -2.22. The highest BCUT2D eigenvalue weighted by molar-refractivity contribution is 7.89. The van der Waals surface area contributed by atoms with E-state index in [1.54, 1.807) is 43.3 Å². The fourth-order valence-corrected chi connectivity index (χ4v) is 6.82. The Hall–Kier alpha value is -4.73. The van der Waals surface area contributed by atoms with Crippen molar-refractivity contribution in [1.29, 1.82) is 0 Å². The van der Waals surface area contributed by atoms with E-state index in [-0.39, 0.29) is 29.1 Å². The van der Waals surface area contributed by atoms with Crippen molar-refractivity contribution in [3.8, 4) is 0 Å². The lowest BCUT2D eigenvalue weighted by molar-refractivity contribution is -0.136. The van der Waals surface area contributed by atoms with Crippen molar-refractivity contribution in [3.05, 3.63) is 135 Å². The Balaban J connectivity index is 1.49. The van der Waals surface area contributed by atoms with Crippen LogP contribution < -0.4 is 4.90 Å². The molecule has 9 heteroatoms. The van der Waals surface area contributed by atoms with Crippen LogP contribution in [0.15, 0.2) is 105 Å². The van der Waals surface area contributed by atoms with E-state index in [1.807, 2.05) is 70.2 Å². The first-order valence-corrected chi connectivity index (χ1v) is 16.0. The third kappa shape index (κ3) is 6.69. The highest BCUT2D eigenvalue weighted by Gasteiger charge is 2.38. The van der Waals surface area contributed by atoms with Crippen LogP contribution in [-0.4, -0.2) is 31.7 Å². The van der Waals surface area contributed by atoms with Gasteiger partial charge in [-0.15, -0.1) is 0 Å². The van der Waals surface area contributed by atoms with Gasteiger partial charge in [0, 0.05) is 17.9 Å². The molecule has 0 spiro atoms. The van der Waals surface area contributed by atoms with E-state index in [0.717, 1.165) is 27.8 Å². The van der Waals surface area contributed by atoms with Gasteiger partial charge in [0.05, 0.1) is 29.7 Å². The molecule has 0 saturated heterocycles. The van der Waals surface area contributed by atoms with Crippen molar-refractivity contribution in [3.63, 3.8) is 0 Å². The normalized spacial score (nSPS) is 14.6. The van der Waals surface area contributed by atoms with Crippen LogP contribution in [0.1, 0.15) is 46.3 Å². The average Bonchev–Trinajstić information content (AvgIpc) is 3.53. The maximum Gasteiger partial charge on any atom is 0.340 e. The summed E-state index contributed by atoms with van der Waals surface area (Å²) in [7, 11) is -2.62. The van der Waals surface area contributed by atoms with Crippen LogP contribution in [0.3, 0.4) is 0 Å². The van der Waals surface area contributed by atoms with Gasteiger partial charge < -0.3 is 9.15 Å². The van der Waals surface area contributed by atoms with Gasteiger partial charge in [-0.2, -0.15) is 4.31 Å². The first-order chi connectivity index (χ1) is 21.4. The highest BCUT2D eigenvalue weighted by Crippen LogP contribution is 2.36. The molecule has 232 valence electrons. The van der Waals surface area contributed by atoms with Crippen LogP contribution in [0.25, 0.3) is 6.08 Å². The summed E-state index contributed by atoms with van der Waals surface area (Å²) in [4.78, 5) is 28.3. The number of anilines is 1. The van der Waals surface area contributed by atoms with Crippen LogP contribution in [0.4, 0.5) is 5.69 Å². The average molecular weight is 625 g/mol. The monoisotopic (exact) mass is 624 g/mol. The SMILES string of the molecule is COC(=O)C1=C(C)N(c2cc(C)cc(C)c2)C(=O)/C1=C/c1ccc(CN(Cc2ccc(C)cc2)S(=O)(=O)c2ccc(C)cc2)o1. The van der Waals surface area contributed by atoms with Gasteiger partial charge in [-0.3, -0.25) is 9.69 Å². The molecule has 0 bridgehead atoms. The number of furan rings is 1. The van der Waals surface area contributed by atoms with E-state index in [9.17, 15) is 18.0 Å². The lowest BCUT2D eigenvalue weighted by Crippen LogP contribution is -2.30. The number of ether oxygens (including phenoxy) is 1. The van der Waals surface area contributed by atoms with E-state index >= 15 is 0 Å². The molecule has 1 aliphatic heterocycles. The number of carbonyl (C=O) groups is 2. The van der Waals surface area contributed by atoms with Gasteiger partial charge in [-0.25, -0.2) is 13.2 Å². The molecule has 8 nitrogen and oxygen atoms in total. The molecule has 1 aliphatic rings. The predicted molar refractivity (Wildman–Crippen MR) is 174 cm³/mol. The zero-order valence-corrected chi connectivity index (χ0v) is 27.1. The summed E-state index contributed by atoms with van der Waals surface area (Å²) in [5.41, 5.74) is 6.18. The van der Waals surface area contributed by atoms with Crippen molar-refractivity contribution in [1.82, 2.24) is 4.31 Å². The molecule has 0 aliphatic carbocycles. The molecule has 3 aromatic carbocycles. The summed E-state index contributed by atoms with van der Waals surface area (Å²) < 4.78 is 40.1. The summed E-state index contributed by atoms with van der Waals surface area (Å²) >= 11 is 0. The molecule has 4 aromatic rings. The summed E-state index contributed by atoms with van der Waals surface area (Å²) in [5, 5.41) is 0. The first-order valence-electron chi connectivity index (χ1n) is 14.5. The lowest BCUT2D eigenvalue weighted by atomic mass is 10.1. The Bertz CT molecular complexity index is 1910. The van der Waals surface area contributed by atoms with E-state index in [0.29, 0.717) is 22.9 Å². The minimum atomic E-state index is -3.89. The van der Waals surface area contributed by atoms with Crippen LogP contribution in [0.5, 0.6) is 0 Å². The van der Waals surface area contributed by atoms with Gasteiger partial charge in [0.1, 0.15) is 11.5 Å². The maximum absolute atomic E-state index is 13.8. The van der Waals surface area contributed by atoms with Gasteiger partial charge in [0.2, 0.25) is 10.0 Å². The minimum Gasteiger partial charge on any atom is -0.465 e. The molecular formula is C36H36N2O6S. The number of allylic oxidation sites excluding steroid dienone is 1. The number of methoxy groups -OCH3 is 1. The molecule has 1 aromatic heterocycles. The van der Waals surface area contributed by atoms with Crippen molar-refractivity contribution < 1.29 is 27.2 Å². The number of esters is 1. The van der Waals surface area contributed by atoms with Crippen LogP contribution >= 0.6 is 0 Å². The Labute approximate surface area is 264 Å². The predicted octanol–water partition coefficient (Wildman–Crippen LogP) is 6.78. The summed E-state index contributed by atoms with van der Waals surface area (Å²) in [6.07, 6.45) is 1.50. The molecular weight excluding hydrogens is 588 g/mol. The second kappa shape index (κ2) is 12.7. The number of sulfonamides is 1. The number of rotatable bonds is 9. The Kier molecular flexibility index (Phi) is 8.95. The van der Waals surface area contributed by atoms with Crippen LogP contribution in [-0.2, 0) is 37.4 Å². The topological polar surface area (TPSA) is 97.1 Å². The standard InChI is InChI=1S/C36H36N2O6S/c1-23-7-11-28(12-8-23)21-37(45(41,42)32-15-9-24(2)10-16-32)22-31-14-13-30(44-31)20-33-34(36(40)43-6)27(5)38(35(33)39)29-18-25(3)17-26(4)19-29/h7-20H,21-22H2,1-6H3/b33-20+. The summed E-state index contributed by atoms with van der Waals surface area (Å²) in [6.45, 7) is 9.55. The van der Waals surface area contributed by atoms with Gasteiger partial charge in [0.15, 0.2) is 0 Å². The molecule has 0 radical (unpaired) electrons. The van der Waals surface area contributed by atoms with Crippen molar-refractivity contribution >= 4 is 33.7 Å². The highest BCUT2D eigenvalue weighted by atomic mass is 32.2. The van der Waals surface area contributed by atoms with Crippen molar-refractivity contribution in [2.45, 2.75) is 52.6 Å². The molecule has 5 rings (SSSR count). The van der Waals surface area contributed by atoms with Crippen molar-refractivity contribution in [2.24, 2.45) is 0 Å². The van der Waals surface area contributed by atoms with E-state index in [2.05, 4.69) is 0 Å². The molecule has 1 amide bonds. The fraction of sp³-hybridized carbons (Fsp3) is 0.222. The Morgan fingerprint density at radius 2 is 1.42 bits per heavy atom. The molecule has 0 saturated carbocycles. The molecule has 0 unspecified atom stereocenters. The number of aryl methyl sites for hydroxylation is 4. The molecule has 2 heterocycles. The van der Waals surface area contributed by atoms with Crippen LogP contribution in [0.2, 0.25) is 0 Å². The first kappa shape index (κ1) is 31.7. The van der Waals surface area contributed by atoms with Gasteiger partial charge in [0.25, 0.3) is 5.91 Å². The molecule has 0 N–H and O–H groups in total. The number of hydrogen-bond acceptors (Lipinski definition) is 6. The molecule has 0 atom stereocenters. The number of amides is 1. The second-order valence-electron chi connectivity index (χ2n) is 11.4. The summed E-state index contributed by atoms with van der Waals surface area (Å²) in [6, 6.07) is 23.5. The number of hydrogen-bond donors (Lipinski definition) is 0. The zero-order chi connectivity index (χ0) is 32.5. The largest absolute Gasteiger partial charge is 0.465 e. The third-order valence-corrected chi connectivity index (χ3v) is 9.50. The fourth-order valence-electron chi connectivity index (χ4n) is 5.43. The summed E-state index contributed by atoms with van der Waals surface area (Å²) in [5.74, 6) is -0.354. The number of carbonyl (C=O) groups excluding carboxylic acids is 2. The van der Waals surface area contributed by atoms with E-state index in [4.69, 9.17) is 9.15 Å². The smallest absolute Gasteiger partial charge is 0.340 e. The Morgan fingerprint density at radius 1 is 0.822 bits per heavy atom. The quantitative estimate of drug-likeness (QED) is 0.150. The zero-order valence-electron chi connectivity index (χ0n) is 26.2. The Morgan fingerprint density at radius 3 is 2.02 bits per heavy atom. The van der Waals surface area contributed by atoms with Gasteiger partial charge >= 0.3 is 5.97 Å². The van der Waals surface area contributed by atoms with Gasteiger partial charge in [-0.1, -0.05) is 53.6 Å². The van der Waals surface area contributed by atoms with E-state index < -0.39 is 21.9 Å². The van der Waals surface area contributed by atoms with Crippen molar-refractivity contribution in [2.75, 3.05) is 12.0 Å². The second-order valence-corrected chi connectivity index (χ2v) is 13.3. The van der Waals surface area contributed by atoms with Gasteiger partial charge in [-0.05, 0) is 93.8 Å². The molecule has 0 fully saturated rings. The third-order valence-electron chi connectivity index (χ3n) is 7.69. The minimum absolute atomic E-state index is 0.0470. The van der Waals surface area contributed by atoms with Crippen LogP contribution in [0, 0.1) is 27.7 Å². The van der Waals surface area contributed by atoms with E-state index in [1.165, 1.54) is 22.4 Å². The number of nitrogens with zero attached hydrogens (tertiary/aromatic N) is 2. The maximum atomic E-state index is 13.8. The molecule has 45 heavy (non-hydrogen) atoms.